The molecule has 104 valence electrons. The van der Waals surface area contributed by atoms with E-state index < -0.39 is 10.8 Å². The molecule has 0 unspecified atom stereocenters. The van der Waals surface area contributed by atoms with E-state index in [9.17, 15) is 4.21 Å². The Balaban J connectivity index is 1.66. The van der Waals surface area contributed by atoms with E-state index in [1.54, 1.807) is 0 Å². The van der Waals surface area contributed by atoms with Gasteiger partial charge in [0, 0.05) is 48.0 Å². The highest BCUT2D eigenvalue weighted by molar-refractivity contribution is 7.85. The lowest BCUT2D eigenvalue weighted by Gasteiger charge is -2.29. The fraction of sp³-hybridized carbons (Fsp3) is 0.571. The molecule has 1 saturated carbocycles. The van der Waals surface area contributed by atoms with Crippen molar-refractivity contribution in [3.05, 3.63) is 28.8 Å². The van der Waals surface area contributed by atoms with Crippen LogP contribution >= 0.6 is 11.6 Å². The van der Waals surface area contributed by atoms with Gasteiger partial charge in [-0.25, -0.2) is 0 Å². The molecule has 1 aromatic rings. The lowest BCUT2D eigenvalue weighted by Crippen LogP contribution is -2.37. The van der Waals surface area contributed by atoms with Crippen LogP contribution in [0.2, 0.25) is 5.02 Å². The van der Waals surface area contributed by atoms with Crippen molar-refractivity contribution in [1.82, 2.24) is 5.32 Å². The van der Waals surface area contributed by atoms with Crippen LogP contribution < -0.4 is 10.2 Å². The SMILES string of the molecule is O=S1CCN(c2ccc(CNC3CC3)cc2Cl)CC1. The second-order valence-electron chi connectivity index (χ2n) is 5.28. The van der Waals surface area contributed by atoms with Gasteiger partial charge in [0.05, 0.1) is 10.7 Å². The number of halogens is 1. The molecule has 1 saturated heterocycles. The molecule has 0 amide bonds. The molecule has 19 heavy (non-hydrogen) atoms. The first kappa shape index (κ1) is 13.4. The molecular weight excluding hydrogens is 280 g/mol. The molecule has 0 bridgehead atoms. The lowest BCUT2D eigenvalue weighted by atomic mass is 10.2. The molecule has 1 aromatic carbocycles. The van der Waals surface area contributed by atoms with Crippen LogP contribution in [0.15, 0.2) is 18.2 Å². The van der Waals surface area contributed by atoms with Crippen molar-refractivity contribution in [2.45, 2.75) is 25.4 Å². The highest BCUT2D eigenvalue weighted by Crippen LogP contribution is 2.28. The van der Waals surface area contributed by atoms with Gasteiger partial charge in [0.2, 0.25) is 0 Å². The normalized spacial score (nSPS) is 20.8. The van der Waals surface area contributed by atoms with Gasteiger partial charge in [-0.15, -0.1) is 0 Å². The minimum atomic E-state index is -0.642. The molecule has 1 heterocycles. The number of nitrogens with zero attached hydrogens (tertiary/aromatic N) is 1. The number of rotatable bonds is 4. The minimum absolute atomic E-state index is 0.642. The molecule has 0 aromatic heterocycles. The van der Waals surface area contributed by atoms with Crippen molar-refractivity contribution in [2.75, 3.05) is 29.5 Å². The van der Waals surface area contributed by atoms with Crippen molar-refractivity contribution in [2.24, 2.45) is 0 Å². The zero-order valence-corrected chi connectivity index (χ0v) is 12.5. The highest BCUT2D eigenvalue weighted by Gasteiger charge is 2.21. The Hall–Kier alpha value is -0.580. The summed E-state index contributed by atoms with van der Waals surface area (Å²) in [5, 5.41) is 4.30. The molecule has 1 aliphatic carbocycles. The van der Waals surface area contributed by atoms with Crippen LogP contribution in [0, 0.1) is 0 Å². The molecule has 0 radical (unpaired) electrons. The van der Waals surface area contributed by atoms with Crippen LogP contribution in [0.5, 0.6) is 0 Å². The summed E-state index contributed by atoms with van der Waals surface area (Å²) < 4.78 is 11.4. The maximum absolute atomic E-state index is 11.4. The summed E-state index contributed by atoms with van der Waals surface area (Å²) in [6.45, 7) is 2.58. The molecule has 2 fully saturated rings. The van der Waals surface area contributed by atoms with Crippen LogP contribution in [0.3, 0.4) is 0 Å². The minimum Gasteiger partial charge on any atom is -0.368 e. The number of hydrogen-bond donors (Lipinski definition) is 1. The Morgan fingerprint density at radius 1 is 1.32 bits per heavy atom. The number of hydrogen-bond acceptors (Lipinski definition) is 3. The van der Waals surface area contributed by atoms with Crippen LogP contribution in [-0.2, 0) is 17.3 Å². The third-order valence-electron chi connectivity index (χ3n) is 3.70. The summed E-state index contributed by atoms with van der Waals surface area (Å²) >= 11 is 6.38. The fourth-order valence-electron chi connectivity index (χ4n) is 2.35. The van der Waals surface area contributed by atoms with Gasteiger partial charge in [-0.2, -0.15) is 0 Å². The van der Waals surface area contributed by atoms with Crippen molar-refractivity contribution in [3.8, 4) is 0 Å². The summed E-state index contributed by atoms with van der Waals surface area (Å²) in [6.07, 6.45) is 2.60. The smallest absolute Gasteiger partial charge is 0.0642 e. The van der Waals surface area contributed by atoms with E-state index in [4.69, 9.17) is 11.6 Å². The second-order valence-corrected chi connectivity index (χ2v) is 7.38. The maximum atomic E-state index is 11.4. The molecule has 2 aliphatic rings. The molecule has 1 N–H and O–H groups in total. The molecule has 0 atom stereocenters. The zero-order valence-electron chi connectivity index (χ0n) is 10.9. The summed E-state index contributed by atoms with van der Waals surface area (Å²) in [4.78, 5) is 2.24. The van der Waals surface area contributed by atoms with Gasteiger partial charge < -0.3 is 10.2 Å². The van der Waals surface area contributed by atoms with E-state index in [0.29, 0.717) is 0 Å². The predicted molar refractivity (Wildman–Crippen MR) is 81.4 cm³/mol. The quantitative estimate of drug-likeness (QED) is 0.924. The number of nitrogens with one attached hydrogen (secondary N) is 1. The maximum Gasteiger partial charge on any atom is 0.0642 e. The Morgan fingerprint density at radius 3 is 2.68 bits per heavy atom. The third kappa shape index (κ3) is 3.50. The van der Waals surface area contributed by atoms with Crippen LogP contribution in [0.4, 0.5) is 5.69 Å². The van der Waals surface area contributed by atoms with Crippen molar-refractivity contribution in [3.63, 3.8) is 0 Å². The zero-order chi connectivity index (χ0) is 13.2. The van der Waals surface area contributed by atoms with E-state index in [0.717, 1.165) is 47.9 Å². The molecule has 1 aliphatic heterocycles. The molecule has 3 nitrogen and oxygen atoms in total. The largest absolute Gasteiger partial charge is 0.368 e. The van der Waals surface area contributed by atoms with Crippen molar-refractivity contribution >= 4 is 28.1 Å². The summed E-state index contributed by atoms with van der Waals surface area (Å²) in [7, 11) is -0.642. The van der Waals surface area contributed by atoms with Crippen LogP contribution in [0.1, 0.15) is 18.4 Å². The summed E-state index contributed by atoms with van der Waals surface area (Å²) in [5.41, 5.74) is 2.31. The fourth-order valence-corrected chi connectivity index (χ4v) is 3.72. The van der Waals surface area contributed by atoms with E-state index in [1.807, 2.05) is 0 Å². The van der Waals surface area contributed by atoms with Crippen LogP contribution in [0.25, 0.3) is 0 Å². The lowest BCUT2D eigenvalue weighted by molar-refractivity contribution is 0.673. The summed E-state index contributed by atoms with van der Waals surface area (Å²) in [5.74, 6) is 1.50. The van der Waals surface area contributed by atoms with Gasteiger partial charge in [0.1, 0.15) is 0 Å². The average molecular weight is 299 g/mol. The Labute approximate surface area is 121 Å². The highest BCUT2D eigenvalue weighted by atomic mass is 35.5. The molecule has 5 heteroatoms. The second kappa shape index (κ2) is 5.81. The average Bonchev–Trinajstić information content (AvgIpc) is 3.22. The van der Waals surface area contributed by atoms with E-state index >= 15 is 0 Å². The summed E-state index contributed by atoms with van der Waals surface area (Å²) in [6, 6.07) is 7.01. The van der Waals surface area contributed by atoms with E-state index in [1.165, 1.54) is 18.4 Å². The predicted octanol–water partition coefficient (Wildman–Crippen LogP) is 2.16. The van der Waals surface area contributed by atoms with Gasteiger partial charge in [0.15, 0.2) is 0 Å². The number of anilines is 1. The van der Waals surface area contributed by atoms with Gasteiger partial charge in [0.25, 0.3) is 0 Å². The van der Waals surface area contributed by atoms with E-state index in [-0.39, 0.29) is 0 Å². The third-order valence-corrected chi connectivity index (χ3v) is 5.28. The van der Waals surface area contributed by atoms with Gasteiger partial charge in [-0.1, -0.05) is 17.7 Å². The Kier molecular flexibility index (Phi) is 4.10. The van der Waals surface area contributed by atoms with Crippen molar-refractivity contribution in [1.29, 1.82) is 0 Å². The Bertz CT molecular complexity index is 480. The first-order valence-corrected chi connectivity index (χ1v) is 8.71. The molecule has 0 spiro atoms. The van der Waals surface area contributed by atoms with Crippen LogP contribution in [-0.4, -0.2) is 34.8 Å². The molecule has 3 rings (SSSR count). The number of benzene rings is 1. The monoisotopic (exact) mass is 298 g/mol. The first-order chi connectivity index (χ1) is 9.22. The first-order valence-electron chi connectivity index (χ1n) is 6.84. The topological polar surface area (TPSA) is 32.3 Å². The Morgan fingerprint density at radius 2 is 2.05 bits per heavy atom. The van der Waals surface area contributed by atoms with Crippen molar-refractivity contribution < 1.29 is 4.21 Å². The molecular formula is C14H19ClN2OS. The standard InChI is InChI=1S/C14H19ClN2OS/c15-13-9-11(10-16-12-2-3-12)1-4-14(13)17-5-7-19(18)8-6-17/h1,4,9,12,16H,2-3,5-8,10H2. The van der Waals surface area contributed by atoms with E-state index in [2.05, 4.69) is 28.4 Å². The van der Waals surface area contributed by atoms with Gasteiger partial charge in [-0.05, 0) is 30.5 Å². The van der Waals surface area contributed by atoms with Gasteiger partial charge in [-0.3, -0.25) is 4.21 Å². The van der Waals surface area contributed by atoms with Gasteiger partial charge >= 0.3 is 0 Å².